The van der Waals surface area contributed by atoms with Gasteiger partial charge in [0.05, 0.1) is 4.75 Å². The van der Waals surface area contributed by atoms with E-state index in [4.69, 9.17) is 5.11 Å². The second-order valence-electron chi connectivity index (χ2n) is 4.43. The van der Waals surface area contributed by atoms with E-state index in [-0.39, 0.29) is 5.43 Å². The summed E-state index contributed by atoms with van der Waals surface area (Å²) in [4.78, 5) is 29.5. The number of hydrogen-bond acceptors (Lipinski definition) is 5. The molecule has 1 aliphatic heterocycles. The van der Waals surface area contributed by atoms with E-state index in [9.17, 15) is 9.59 Å². The van der Waals surface area contributed by atoms with E-state index in [2.05, 4.69) is 15.3 Å². The lowest BCUT2D eigenvalue weighted by Crippen LogP contribution is -2.34. The molecule has 0 spiro atoms. The van der Waals surface area contributed by atoms with Crippen LogP contribution in [0.2, 0.25) is 0 Å². The lowest BCUT2D eigenvalue weighted by molar-refractivity contribution is -0.138. The van der Waals surface area contributed by atoms with Crippen LogP contribution >= 0.6 is 11.8 Å². The molecule has 2 heterocycles. The smallest absolute Gasteiger partial charge is 0.329 e. The number of carboxylic acids is 1. The minimum Gasteiger partial charge on any atom is -0.480 e. The molecule has 1 unspecified atom stereocenters. The maximum absolute atomic E-state index is 11.5. The number of nitrogens with zero attached hydrogens (tertiary/aromatic N) is 1. The number of pyridine rings is 1. The van der Waals surface area contributed by atoms with Gasteiger partial charge in [0, 0.05) is 18.5 Å². The summed E-state index contributed by atoms with van der Waals surface area (Å²) < 4.78 is -0.532. The number of carbonyl (C=O) groups is 1. The number of anilines is 1. The molecule has 2 rings (SSSR count). The van der Waals surface area contributed by atoms with E-state index in [0.717, 1.165) is 0 Å². The summed E-state index contributed by atoms with van der Waals surface area (Å²) in [6.07, 6.45) is 3.05. The molecule has 0 bridgehead atoms. The number of aliphatic carboxylic acids is 1. The standard InChI is InChI=1S/C11H13N3O3S/c1-11(2)8(9(16)17)14-10(18-11)13-6-5-12-4-3-7(6)15/h3-5,8H,1-2H3,(H,12,15)(H,13,14)(H,16,17). The summed E-state index contributed by atoms with van der Waals surface area (Å²) in [5.74, 6) is -0.966. The van der Waals surface area contributed by atoms with Crippen LogP contribution in [0.25, 0.3) is 0 Å². The van der Waals surface area contributed by atoms with Crippen LogP contribution in [0.4, 0.5) is 5.69 Å². The van der Waals surface area contributed by atoms with Crippen molar-refractivity contribution in [3.8, 4) is 0 Å². The molecule has 0 saturated carbocycles. The second-order valence-corrected chi connectivity index (χ2v) is 6.07. The molecule has 0 aromatic carbocycles. The number of thioether (sulfide) groups is 1. The first-order valence-electron chi connectivity index (χ1n) is 5.34. The number of amidine groups is 1. The van der Waals surface area contributed by atoms with E-state index in [1.807, 2.05) is 13.8 Å². The number of rotatable bonds is 2. The topological polar surface area (TPSA) is 94.5 Å². The number of nitrogens with one attached hydrogen (secondary N) is 2. The summed E-state index contributed by atoms with van der Waals surface area (Å²) in [6, 6.07) is 0.579. The van der Waals surface area contributed by atoms with E-state index in [0.29, 0.717) is 10.9 Å². The van der Waals surface area contributed by atoms with Crippen molar-refractivity contribution in [1.29, 1.82) is 0 Å². The molecule has 96 valence electrons. The Morgan fingerprint density at radius 2 is 2.33 bits per heavy atom. The van der Waals surface area contributed by atoms with Crippen molar-refractivity contribution in [2.24, 2.45) is 4.99 Å². The molecule has 1 aromatic heterocycles. The number of H-pyrrole nitrogens is 1. The lowest BCUT2D eigenvalue weighted by Gasteiger charge is -2.20. The Morgan fingerprint density at radius 1 is 1.61 bits per heavy atom. The molecule has 1 atom stereocenters. The maximum atomic E-state index is 11.5. The highest BCUT2D eigenvalue weighted by atomic mass is 32.2. The van der Waals surface area contributed by atoms with Crippen LogP contribution in [0.3, 0.4) is 0 Å². The fourth-order valence-electron chi connectivity index (χ4n) is 1.64. The van der Waals surface area contributed by atoms with Gasteiger partial charge in [0.25, 0.3) is 0 Å². The van der Waals surface area contributed by atoms with Crippen molar-refractivity contribution in [2.75, 3.05) is 5.32 Å². The maximum Gasteiger partial charge on any atom is 0.329 e. The molecular formula is C11H13N3O3S. The van der Waals surface area contributed by atoms with Crippen molar-refractivity contribution < 1.29 is 9.90 Å². The first-order chi connectivity index (χ1) is 8.40. The Balaban J connectivity index is 2.22. The molecule has 0 amide bonds. The quantitative estimate of drug-likeness (QED) is 0.746. The van der Waals surface area contributed by atoms with Crippen LogP contribution in [0.15, 0.2) is 28.2 Å². The summed E-state index contributed by atoms with van der Waals surface area (Å²) in [5.41, 5.74) is 0.180. The fourth-order valence-corrected chi connectivity index (χ4v) is 2.73. The first-order valence-corrected chi connectivity index (χ1v) is 6.15. The Morgan fingerprint density at radius 3 is 2.89 bits per heavy atom. The van der Waals surface area contributed by atoms with Crippen LogP contribution in [0.5, 0.6) is 0 Å². The molecule has 7 heteroatoms. The number of hydrogen-bond donors (Lipinski definition) is 3. The number of aliphatic imine (C=N–C) groups is 1. The second kappa shape index (κ2) is 4.49. The Kier molecular flexibility index (Phi) is 3.16. The van der Waals surface area contributed by atoms with Gasteiger partial charge in [0.15, 0.2) is 11.2 Å². The predicted molar refractivity (Wildman–Crippen MR) is 71.2 cm³/mol. The van der Waals surface area contributed by atoms with Crippen molar-refractivity contribution in [3.05, 3.63) is 28.7 Å². The van der Waals surface area contributed by atoms with Crippen molar-refractivity contribution in [3.63, 3.8) is 0 Å². The highest BCUT2D eigenvalue weighted by molar-refractivity contribution is 8.15. The zero-order valence-electron chi connectivity index (χ0n) is 9.93. The van der Waals surface area contributed by atoms with Crippen molar-refractivity contribution in [2.45, 2.75) is 24.6 Å². The highest BCUT2D eigenvalue weighted by Crippen LogP contribution is 2.37. The summed E-state index contributed by atoms with van der Waals surface area (Å²) >= 11 is 1.31. The van der Waals surface area contributed by atoms with E-state index < -0.39 is 16.8 Å². The molecule has 1 aromatic rings. The third-order valence-electron chi connectivity index (χ3n) is 2.56. The average Bonchev–Trinajstić information content (AvgIpc) is 2.57. The largest absolute Gasteiger partial charge is 0.480 e. The first kappa shape index (κ1) is 12.7. The zero-order valence-corrected chi connectivity index (χ0v) is 10.7. The minimum atomic E-state index is -0.966. The van der Waals surface area contributed by atoms with Gasteiger partial charge < -0.3 is 15.4 Å². The molecule has 0 aliphatic carbocycles. The molecule has 1 aliphatic rings. The highest BCUT2D eigenvalue weighted by Gasteiger charge is 2.42. The Bertz CT molecular complexity index is 565. The van der Waals surface area contributed by atoms with Gasteiger partial charge in [-0.2, -0.15) is 0 Å². The van der Waals surface area contributed by atoms with Crippen molar-refractivity contribution >= 4 is 28.6 Å². The molecule has 18 heavy (non-hydrogen) atoms. The van der Waals surface area contributed by atoms with Crippen LogP contribution in [-0.4, -0.2) is 32.0 Å². The van der Waals surface area contributed by atoms with E-state index in [1.54, 1.807) is 0 Å². The Labute approximate surface area is 108 Å². The van der Waals surface area contributed by atoms with Crippen LogP contribution in [-0.2, 0) is 4.79 Å². The van der Waals surface area contributed by atoms with Gasteiger partial charge in [-0.05, 0) is 13.8 Å². The number of aromatic amines is 1. The van der Waals surface area contributed by atoms with E-state index in [1.165, 1.54) is 30.2 Å². The normalized spacial score (nSPS) is 21.4. The zero-order chi connectivity index (χ0) is 13.3. The van der Waals surface area contributed by atoms with Crippen LogP contribution < -0.4 is 10.7 Å². The van der Waals surface area contributed by atoms with Gasteiger partial charge in [-0.15, -0.1) is 0 Å². The third-order valence-corrected chi connectivity index (χ3v) is 3.71. The average molecular weight is 267 g/mol. The van der Waals surface area contributed by atoms with Gasteiger partial charge in [0.1, 0.15) is 5.69 Å². The van der Waals surface area contributed by atoms with E-state index >= 15 is 0 Å². The monoisotopic (exact) mass is 267 g/mol. The van der Waals surface area contributed by atoms with Crippen molar-refractivity contribution in [1.82, 2.24) is 4.98 Å². The third kappa shape index (κ3) is 2.40. The van der Waals surface area contributed by atoms with Gasteiger partial charge in [-0.1, -0.05) is 11.8 Å². The van der Waals surface area contributed by atoms with Gasteiger partial charge in [-0.3, -0.25) is 4.79 Å². The molecule has 3 N–H and O–H groups in total. The van der Waals surface area contributed by atoms with Gasteiger partial charge >= 0.3 is 5.97 Å². The lowest BCUT2D eigenvalue weighted by atomic mass is 10.0. The van der Waals surface area contributed by atoms with Crippen LogP contribution in [0, 0.1) is 0 Å². The number of carboxylic acid groups (broad SMARTS) is 1. The molecule has 0 radical (unpaired) electrons. The molecule has 0 fully saturated rings. The summed E-state index contributed by atoms with van der Waals surface area (Å²) in [7, 11) is 0. The molecular weight excluding hydrogens is 254 g/mol. The number of aromatic nitrogens is 1. The molecule has 0 saturated heterocycles. The minimum absolute atomic E-state index is 0.173. The molecule has 6 nitrogen and oxygen atoms in total. The van der Waals surface area contributed by atoms with Gasteiger partial charge in [0.2, 0.25) is 5.43 Å². The predicted octanol–water partition coefficient (Wildman–Crippen LogP) is 1.12. The van der Waals surface area contributed by atoms with Gasteiger partial charge in [-0.25, -0.2) is 9.79 Å². The fraction of sp³-hybridized carbons (Fsp3) is 0.364. The SMILES string of the molecule is CC1(C)SC(Nc2c[nH]ccc2=O)=NC1C(=O)O. The summed E-state index contributed by atoms with van der Waals surface area (Å²) in [6.45, 7) is 3.62. The summed E-state index contributed by atoms with van der Waals surface area (Å²) in [5, 5.41) is 12.4. The Hall–Kier alpha value is -1.76. The van der Waals surface area contributed by atoms with Crippen LogP contribution in [0.1, 0.15) is 13.8 Å².